The number of carboxylic acid groups (broad SMARTS) is 2. The number of hydrogen-bond acceptors (Lipinski definition) is 2. The van der Waals surface area contributed by atoms with Gasteiger partial charge in [-0.25, -0.2) is 0 Å². The number of unbranched alkanes of at least 4 members (excludes halogenated alkanes) is 2. The van der Waals surface area contributed by atoms with Crippen molar-refractivity contribution >= 4 is 23.5 Å². The Bertz CT molecular complexity index is 152. The van der Waals surface area contributed by atoms with Crippen molar-refractivity contribution in [2.45, 2.75) is 33.1 Å². The van der Waals surface area contributed by atoms with Crippen molar-refractivity contribution in [1.29, 1.82) is 0 Å². The lowest BCUT2D eigenvalue weighted by atomic mass is 10.2. The molecule has 0 saturated carbocycles. The van der Waals surface area contributed by atoms with E-state index in [2.05, 4.69) is 6.92 Å². The SMILES string of the molecule is CC(C(=O)O)C(=O)O.CCCCCCl. The molecular formula is C9H17ClO4. The number of alkyl halides is 1. The summed E-state index contributed by atoms with van der Waals surface area (Å²) in [5.74, 6) is -3.08. The van der Waals surface area contributed by atoms with E-state index in [4.69, 9.17) is 21.8 Å². The van der Waals surface area contributed by atoms with Crippen molar-refractivity contribution in [1.82, 2.24) is 0 Å². The van der Waals surface area contributed by atoms with Gasteiger partial charge in [0.1, 0.15) is 0 Å². The fraction of sp³-hybridized carbons (Fsp3) is 0.778. The average molecular weight is 225 g/mol. The lowest BCUT2D eigenvalue weighted by Crippen LogP contribution is -2.19. The predicted molar refractivity (Wildman–Crippen MR) is 54.7 cm³/mol. The van der Waals surface area contributed by atoms with E-state index in [1.54, 1.807) is 0 Å². The van der Waals surface area contributed by atoms with E-state index >= 15 is 0 Å². The van der Waals surface area contributed by atoms with E-state index in [0.29, 0.717) is 0 Å². The number of carboxylic acids is 2. The normalized spacial score (nSPS) is 9.14. The lowest BCUT2D eigenvalue weighted by Gasteiger charge is -1.94. The highest BCUT2D eigenvalue weighted by Crippen LogP contribution is 1.93. The highest BCUT2D eigenvalue weighted by molar-refractivity contribution is 6.17. The summed E-state index contributed by atoms with van der Waals surface area (Å²) in [6.45, 7) is 3.29. The minimum atomic E-state index is -1.31. The van der Waals surface area contributed by atoms with Crippen LogP contribution >= 0.6 is 11.6 Å². The topological polar surface area (TPSA) is 74.6 Å². The molecule has 0 fully saturated rings. The summed E-state index contributed by atoms with van der Waals surface area (Å²) in [7, 11) is 0. The van der Waals surface area contributed by atoms with Gasteiger partial charge in [0.2, 0.25) is 0 Å². The lowest BCUT2D eigenvalue weighted by molar-refractivity contribution is -0.153. The van der Waals surface area contributed by atoms with Crippen LogP contribution in [0.25, 0.3) is 0 Å². The van der Waals surface area contributed by atoms with Gasteiger partial charge in [0, 0.05) is 5.88 Å². The van der Waals surface area contributed by atoms with Crippen LogP contribution in [0.1, 0.15) is 33.1 Å². The molecule has 0 aromatic heterocycles. The second-order valence-corrected chi connectivity index (χ2v) is 3.17. The van der Waals surface area contributed by atoms with Crippen LogP contribution in [0, 0.1) is 5.92 Å². The van der Waals surface area contributed by atoms with Gasteiger partial charge in [0.25, 0.3) is 0 Å². The molecule has 0 aliphatic rings. The summed E-state index contributed by atoms with van der Waals surface area (Å²) < 4.78 is 0. The summed E-state index contributed by atoms with van der Waals surface area (Å²) in [5.41, 5.74) is 0. The molecule has 0 saturated heterocycles. The molecule has 5 heteroatoms. The summed E-state index contributed by atoms with van der Waals surface area (Å²) in [6.07, 6.45) is 3.73. The largest absolute Gasteiger partial charge is 0.481 e. The van der Waals surface area contributed by atoms with Crippen molar-refractivity contribution in [3.05, 3.63) is 0 Å². The Morgan fingerprint density at radius 3 is 1.71 bits per heavy atom. The maximum absolute atomic E-state index is 9.76. The van der Waals surface area contributed by atoms with Gasteiger partial charge >= 0.3 is 11.9 Å². The molecule has 0 spiro atoms. The number of halogens is 1. The van der Waals surface area contributed by atoms with Gasteiger partial charge in [-0.1, -0.05) is 19.8 Å². The maximum atomic E-state index is 9.76. The van der Waals surface area contributed by atoms with Crippen LogP contribution < -0.4 is 0 Å². The van der Waals surface area contributed by atoms with E-state index in [0.717, 1.165) is 12.8 Å². The van der Waals surface area contributed by atoms with Crippen molar-refractivity contribution in [2.75, 3.05) is 5.88 Å². The molecule has 0 heterocycles. The highest BCUT2D eigenvalue weighted by Gasteiger charge is 2.18. The molecular weight excluding hydrogens is 208 g/mol. The van der Waals surface area contributed by atoms with Gasteiger partial charge in [-0.3, -0.25) is 9.59 Å². The molecule has 0 amide bonds. The summed E-state index contributed by atoms with van der Waals surface area (Å²) in [4.78, 5) is 19.5. The second kappa shape index (κ2) is 10.3. The standard InChI is InChI=1S/C5H11Cl.C4H6O4/c1-2-3-4-5-6;1-2(3(5)6)4(7)8/h2-5H2,1H3;2H,1H3,(H,5,6)(H,7,8). The van der Waals surface area contributed by atoms with Gasteiger partial charge < -0.3 is 10.2 Å². The first-order valence-electron chi connectivity index (χ1n) is 4.48. The molecule has 0 bridgehead atoms. The van der Waals surface area contributed by atoms with E-state index in [9.17, 15) is 9.59 Å². The molecule has 0 rings (SSSR count). The van der Waals surface area contributed by atoms with E-state index in [1.165, 1.54) is 19.3 Å². The van der Waals surface area contributed by atoms with Crippen LogP contribution in [0.3, 0.4) is 0 Å². The number of rotatable bonds is 5. The Morgan fingerprint density at radius 2 is 1.64 bits per heavy atom. The molecule has 0 aliphatic carbocycles. The highest BCUT2D eigenvalue weighted by atomic mass is 35.5. The van der Waals surface area contributed by atoms with E-state index in [1.807, 2.05) is 0 Å². The number of aliphatic carboxylic acids is 2. The van der Waals surface area contributed by atoms with Crippen molar-refractivity contribution < 1.29 is 19.8 Å². The van der Waals surface area contributed by atoms with Crippen LogP contribution in [0.2, 0.25) is 0 Å². The van der Waals surface area contributed by atoms with Crippen LogP contribution in [-0.2, 0) is 9.59 Å². The predicted octanol–water partition coefficient (Wildman–Crippen LogP) is 2.21. The second-order valence-electron chi connectivity index (χ2n) is 2.79. The Hall–Kier alpha value is -0.770. The third kappa shape index (κ3) is 11.2. The van der Waals surface area contributed by atoms with Crippen molar-refractivity contribution in [3.8, 4) is 0 Å². The monoisotopic (exact) mass is 224 g/mol. The summed E-state index contributed by atoms with van der Waals surface area (Å²) >= 11 is 5.38. The zero-order chi connectivity index (χ0) is 11.6. The Morgan fingerprint density at radius 1 is 1.21 bits per heavy atom. The summed E-state index contributed by atoms with van der Waals surface area (Å²) in [6, 6.07) is 0. The Labute approximate surface area is 88.9 Å². The van der Waals surface area contributed by atoms with Crippen LogP contribution in [0.5, 0.6) is 0 Å². The first-order valence-corrected chi connectivity index (χ1v) is 5.02. The van der Waals surface area contributed by atoms with Gasteiger partial charge in [0.05, 0.1) is 0 Å². The van der Waals surface area contributed by atoms with Crippen molar-refractivity contribution in [2.24, 2.45) is 5.92 Å². The zero-order valence-corrected chi connectivity index (χ0v) is 9.25. The Kier molecular flexibility index (Phi) is 11.6. The van der Waals surface area contributed by atoms with Crippen LogP contribution in [0.4, 0.5) is 0 Å². The van der Waals surface area contributed by atoms with Gasteiger partial charge in [-0.15, -0.1) is 11.6 Å². The minimum absolute atomic E-state index is 0.827. The van der Waals surface area contributed by atoms with E-state index < -0.39 is 17.9 Å². The van der Waals surface area contributed by atoms with Crippen molar-refractivity contribution in [3.63, 3.8) is 0 Å². The Balaban J connectivity index is 0. The van der Waals surface area contributed by atoms with Gasteiger partial charge in [-0.05, 0) is 13.3 Å². The molecule has 84 valence electrons. The molecule has 0 aromatic carbocycles. The van der Waals surface area contributed by atoms with E-state index in [-0.39, 0.29) is 0 Å². The average Bonchev–Trinajstić information content (AvgIpc) is 2.14. The maximum Gasteiger partial charge on any atom is 0.317 e. The molecule has 0 aliphatic heterocycles. The van der Waals surface area contributed by atoms with Crippen LogP contribution in [-0.4, -0.2) is 28.0 Å². The first kappa shape index (κ1) is 15.7. The number of carbonyl (C=O) groups is 2. The fourth-order valence-corrected chi connectivity index (χ4v) is 0.639. The third-order valence-corrected chi connectivity index (χ3v) is 1.75. The molecule has 4 nitrogen and oxygen atoms in total. The number of hydrogen-bond donors (Lipinski definition) is 2. The summed E-state index contributed by atoms with van der Waals surface area (Å²) in [5, 5.41) is 15.9. The van der Waals surface area contributed by atoms with Gasteiger partial charge in [0.15, 0.2) is 5.92 Å². The first-order chi connectivity index (χ1) is 6.47. The fourth-order valence-electron chi connectivity index (χ4n) is 0.450. The third-order valence-electron chi connectivity index (χ3n) is 1.48. The smallest absolute Gasteiger partial charge is 0.317 e. The minimum Gasteiger partial charge on any atom is -0.481 e. The molecule has 14 heavy (non-hydrogen) atoms. The molecule has 0 aromatic rings. The molecule has 2 N–H and O–H groups in total. The molecule has 0 atom stereocenters. The molecule has 0 radical (unpaired) electrons. The quantitative estimate of drug-likeness (QED) is 0.427. The molecule has 0 unspecified atom stereocenters. The van der Waals surface area contributed by atoms with Gasteiger partial charge in [-0.2, -0.15) is 0 Å². The zero-order valence-electron chi connectivity index (χ0n) is 8.49. The van der Waals surface area contributed by atoms with Crippen LogP contribution in [0.15, 0.2) is 0 Å².